The lowest BCUT2D eigenvalue weighted by Crippen LogP contribution is -2.48. The van der Waals surface area contributed by atoms with E-state index in [9.17, 15) is 16.8 Å². The van der Waals surface area contributed by atoms with E-state index in [1.54, 1.807) is 46.8 Å². The molecule has 2 aromatic carbocycles. The standard InChI is InChI=1S/C28H39N4O4S2/c1-2-29-19-21-32(22-20-29)38(35,36)28-12-5-4-11-27(28)24-9-8-10-26(23-24)37(33,34)31-17-13-25(14-18-31)30-15-6-3-7-16-30/h4-5,8-9,11-12,23,25H,2-3,6-7,13-22H2,1H3. The number of piperazine rings is 1. The molecule has 0 atom stereocenters. The molecule has 1 radical (unpaired) electrons. The molecule has 0 spiro atoms. The Balaban J connectivity index is 1.36. The van der Waals surface area contributed by atoms with Crippen molar-refractivity contribution in [3.63, 3.8) is 0 Å². The zero-order chi connectivity index (χ0) is 26.8. The summed E-state index contributed by atoms with van der Waals surface area (Å²) in [6.45, 7) is 8.50. The smallest absolute Gasteiger partial charge is 0.243 e. The van der Waals surface area contributed by atoms with Crippen LogP contribution in [0, 0.1) is 6.07 Å². The predicted molar refractivity (Wildman–Crippen MR) is 149 cm³/mol. The van der Waals surface area contributed by atoms with Crippen molar-refractivity contribution in [3.05, 3.63) is 48.5 Å². The number of sulfonamides is 2. The molecule has 3 heterocycles. The second-order valence-electron chi connectivity index (χ2n) is 10.5. The quantitative estimate of drug-likeness (QED) is 0.519. The maximum atomic E-state index is 13.6. The normalized spacial score (nSPS) is 22.0. The molecule has 38 heavy (non-hydrogen) atoms. The molecule has 0 bridgehead atoms. The Bertz CT molecular complexity index is 1310. The topological polar surface area (TPSA) is 81.2 Å². The van der Waals surface area contributed by atoms with Crippen molar-refractivity contribution in [1.82, 2.24) is 18.4 Å². The van der Waals surface area contributed by atoms with Crippen molar-refractivity contribution < 1.29 is 16.8 Å². The number of piperidine rings is 2. The molecule has 3 aliphatic rings. The number of likely N-dealkylation sites (N-methyl/N-ethyl adjacent to an activating group) is 1. The van der Waals surface area contributed by atoms with Crippen LogP contribution in [0.4, 0.5) is 0 Å². The van der Waals surface area contributed by atoms with E-state index in [1.165, 1.54) is 23.6 Å². The Labute approximate surface area is 228 Å². The lowest BCUT2D eigenvalue weighted by Gasteiger charge is -2.39. The van der Waals surface area contributed by atoms with Gasteiger partial charge in [-0.3, -0.25) is 0 Å². The van der Waals surface area contributed by atoms with Gasteiger partial charge in [-0.15, -0.1) is 0 Å². The van der Waals surface area contributed by atoms with Crippen LogP contribution in [-0.2, 0) is 20.0 Å². The van der Waals surface area contributed by atoms with Crippen LogP contribution in [0.25, 0.3) is 11.1 Å². The summed E-state index contributed by atoms with van der Waals surface area (Å²) in [7, 11) is -7.46. The van der Waals surface area contributed by atoms with Crippen molar-refractivity contribution in [1.29, 1.82) is 0 Å². The summed E-state index contributed by atoms with van der Waals surface area (Å²) in [4.78, 5) is 5.06. The van der Waals surface area contributed by atoms with Crippen molar-refractivity contribution in [2.24, 2.45) is 0 Å². The van der Waals surface area contributed by atoms with Gasteiger partial charge in [-0.1, -0.05) is 43.7 Å². The van der Waals surface area contributed by atoms with Gasteiger partial charge in [-0.05, 0) is 63.0 Å². The molecule has 0 saturated carbocycles. The van der Waals surface area contributed by atoms with Crippen LogP contribution in [0.5, 0.6) is 0 Å². The molecule has 0 amide bonds. The second kappa shape index (κ2) is 11.7. The van der Waals surface area contributed by atoms with Gasteiger partial charge in [0.05, 0.1) is 9.79 Å². The van der Waals surface area contributed by atoms with Gasteiger partial charge in [-0.2, -0.15) is 8.61 Å². The molecule has 3 saturated heterocycles. The third-order valence-electron chi connectivity index (χ3n) is 8.32. The molecule has 0 aromatic heterocycles. The Morgan fingerprint density at radius 1 is 0.789 bits per heavy atom. The summed E-state index contributed by atoms with van der Waals surface area (Å²) in [6.07, 6.45) is 5.42. The SMILES string of the molecule is CCN1CCN(S(=O)(=O)c2ccccc2-c2cc[c]c(S(=O)(=O)N3CCC(N4CCCCC4)CC3)c2)CC1. The van der Waals surface area contributed by atoms with Gasteiger partial charge in [0.2, 0.25) is 20.0 Å². The number of nitrogens with zero attached hydrogens (tertiary/aromatic N) is 4. The van der Waals surface area contributed by atoms with E-state index in [1.807, 2.05) is 0 Å². The Morgan fingerprint density at radius 2 is 1.45 bits per heavy atom. The molecular weight excluding hydrogens is 520 g/mol. The number of likely N-dealkylation sites (tertiary alicyclic amines) is 1. The maximum Gasteiger partial charge on any atom is 0.243 e. The zero-order valence-electron chi connectivity index (χ0n) is 22.3. The van der Waals surface area contributed by atoms with Crippen molar-refractivity contribution in [3.8, 4) is 11.1 Å². The number of benzene rings is 2. The number of hydrogen-bond donors (Lipinski definition) is 0. The van der Waals surface area contributed by atoms with Crippen molar-refractivity contribution >= 4 is 20.0 Å². The summed E-state index contributed by atoms with van der Waals surface area (Å²) in [5.74, 6) is 0. The van der Waals surface area contributed by atoms with Gasteiger partial charge in [0.25, 0.3) is 0 Å². The molecule has 0 N–H and O–H groups in total. The molecule has 8 nitrogen and oxygen atoms in total. The van der Waals surface area contributed by atoms with Gasteiger partial charge in [0.15, 0.2) is 0 Å². The summed E-state index contributed by atoms with van der Waals surface area (Å²) in [5, 5.41) is 0. The summed E-state index contributed by atoms with van der Waals surface area (Å²) < 4.78 is 57.6. The second-order valence-corrected chi connectivity index (χ2v) is 14.3. The van der Waals surface area contributed by atoms with E-state index in [2.05, 4.69) is 22.8 Å². The average Bonchev–Trinajstić information content (AvgIpc) is 2.98. The molecule has 0 aliphatic carbocycles. The lowest BCUT2D eigenvalue weighted by atomic mass is 10.0. The summed E-state index contributed by atoms with van der Waals surface area (Å²) >= 11 is 0. The van der Waals surface area contributed by atoms with Crippen LogP contribution in [0.1, 0.15) is 39.0 Å². The number of rotatable bonds is 7. The fourth-order valence-electron chi connectivity index (χ4n) is 5.99. The molecule has 2 aromatic rings. The third-order valence-corrected chi connectivity index (χ3v) is 12.1. The van der Waals surface area contributed by atoms with Crippen LogP contribution in [0.3, 0.4) is 0 Å². The van der Waals surface area contributed by atoms with Crippen molar-refractivity contribution in [2.45, 2.75) is 54.9 Å². The predicted octanol–water partition coefficient (Wildman–Crippen LogP) is 3.12. The van der Waals surface area contributed by atoms with E-state index >= 15 is 0 Å². The van der Waals surface area contributed by atoms with E-state index in [-0.39, 0.29) is 9.79 Å². The molecule has 3 fully saturated rings. The highest BCUT2D eigenvalue weighted by Crippen LogP contribution is 2.32. The first-order valence-corrected chi connectivity index (χ1v) is 16.8. The minimum atomic E-state index is -3.73. The molecule has 10 heteroatoms. The van der Waals surface area contributed by atoms with Gasteiger partial charge in [-0.25, -0.2) is 16.8 Å². The highest BCUT2D eigenvalue weighted by Gasteiger charge is 2.33. The minimum absolute atomic E-state index is 0.0928. The molecular formula is C28H39N4O4S2. The van der Waals surface area contributed by atoms with Crippen LogP contribution in [-0.4, -0.2) is 100 Å². The minimum Gasteiger partial charge on any atom is -0.301 e. The highest BCUT2D eigenvalue weighted by atomic mass is 32.2. The Kier molecular flexibility index (Phi) is 8.57. The first-order chi connectivity index (χ1) is 18.3. The summed E-state index contributed by atoms with van der Waals surface area (Å²) in [5.41, 5.74) is 1.08. The fraction of sp³-hybridized carbons (Fsp3) is 0.571. The van der Waals surface area contributed by atoms with Gasteiger partial charge in [0.1, 0.15) is 0 Å². The Morgan fingerprint density at radius 3 is 2.13 bits per heavy atom. The van der Waals surface area contributed by atoms with Gasteiger partial charge >= 0.3 is 0 Å². The fourth-order valence-corrected chi connectivity index (χ4v) is 9.09. The molecule has 5 rings (SSSR count). The number of hydrogen-bond acceptors (Lipinski definition) is 6. The van der Waals surface area contributed by atoms with Crippen LogP contribution in [0.15, 0.2) is 52.3 Å². The lowest BCUT2D eigenvalue weighted by molar-refractivity contribution is 0.118. The van der Waals surface area contributed by atoms with Gasteiger partial charge in [0, 0.05) is 56.9 Å². The van der Waals surface area contributed by atoms with Gasteiger partial charge < -0.3 is 9.80 Å². The molecule has 207 valence electrons. The largest absolute Gasteiger partial charge is 0.301 e. The van der Waals surface area contributed by atoms with Crippen LogP contribution < -0.4 is 0 Å². The monoisotopic (exact) mass is 559 g/mol. The van der Waals surface area contributed by atoms with E-state index < -0.39 is 20.0 Å². The first-order valence-electron chi connectivity index (χ1n) is 13.9. The Hall–Kier alpha value is -1.82. The maximum absolute atomic E-state index is 13.6. The highest BCUT2D eigenvalue weighted by molar-refractivity contribution is 7.89. The molecule has 3 aliphatic heterocycles. The zero-order valence-corrected chi connectivity index (χ0v) is 23.9. The van der Waals surface area contributed by atoms with E-state index in [0.717, 1.165) is 32.5 Å². The van der Waals surface area contributed by atoms with E-state index in [0.29, 0.717) is 56.4 Å². The van der Waals surface area contributed by atoms with E-state index in [4.69, 9.17) is 0 Å². The van der Waals surface area contributed by atoms with Crippen LogP contribution in [0.2, 0.25) is 0 Å². The van der Waals surface area contributed by atoms with Crippen molar-refractivity contribution in [2.75, 3.05) is 58.9 Å². The summed E-state index contributed by atoms with van der Waals surface area (Å²) in [6, 6.07) is 15.2. The first kappa shape index (κ1) is 27.7. The van der Waals surface area contributed by atoms with Crippen LogP contribution >= 0.6 is 0 Å². The third kappa shape index (κ3) is 5.71. The average molecular weight is 560 g/mol. The molecule has 0 unspecified atom stereocenters.